The third kappa shape index (κ3) is 3.38. The van der Waals surface area contributed by atoms with Crippen molar-refractivity contribution >= 4 is 6.09 Å². The van der Waals surface area contributed by atoms with Gasteiger partial charge in [-0.3, -0.25) is 0 Å². The molecule has 0 unspecified atom stereocenters. The van der Waals surface area contributed by atoms with Gasteiger partial charge in [0.1, 0.15) is 5.60 Å². The van der Waals surface area contributed by atoms with Crippen LogP contribution in [-0.4, -0.2) is 35.2 Å². The Morgan fingerprint density at radius 2 is 2.13 bits per heavy atom. The van der Waals surface area contributed by atoms with Crippen molar-refractivity contribution in [2.24, 2.45) is 5.73 Å². The molecule has 0 aromatic rings. The number of likely N-dealkylation sites (tertiary alicyclic amines) is 1. The Bertz CT molecular complexity index is 233. The maximum absolute atomic E-state index is 11.8. The summed E-state index contributed by atoms with van der Waals surface area (Å²) < 4.78 is 5.33. The summed E-state index contributed by atoms with van der Waals surface area (Å²) in [6.07, 6.45) is 1.77. The van der Waals surface area contributed by atoms with Gasteiger partial charge in [-0.15, -0.1) is 0 Å². The molecule has 15 heavy (non-hydrogen) atoms. The molecule has 1 heterocycles. The first-order valence-electron chi connectivity index (χ1n) is 5.56. The molecule has 1 saturated heterocycles. The van der Waals surface area contributed by atoms with Crippen LogP contribution >= 0.6 is 0 Å². The second-order valence-electron chi connectivity index (χ2n) is 5.24. The Kier molecular flexibility index (Phi) is 3.60. The Hall–Kier alpha value is -0.770. The molecule has 2 N–H and O–H groups in total. The van der Waals surface area contributed by atoms with E-state index in [4.69, 9.17) is 10.5 Å². The number of nitrogens with zero attached hydrogens (tertiary/aromatic N) is 1. The zero-order chi connectivity index (χ0) is 11.6. The molecule has 1 fully saturated rings. The van der Waals surface area contributed by atoms with Crippen LogP contribution in [0.4, 0.5) is 4.79 Å². The van der Waals surface area contributed by atoms with Crippen molar-refractivity contribution in [3.8, 4) is 0 Å². The summed E-state index contributed by atoms with van der Waals surface area (Å²) in [5.74, 6) is 0. The molecule has 1 amide bonds. The van der Waals surface area contributed by atoms with E-state index in [1.165, 1.54) is 0 Å². The number of rotatable bonds is 1. The maximum atomic E-state index is 11.8. The number of hydrogen-bond donors (Lipinski definition) is 1. The maximum Gasteiger partial charge on any atom is 0.410 e. The van der Waals surface area contributed by atoms with Crippen LogP contribution in [0.5, 0.6) is 0 Å². The predicted octanol–water partition coefficient (Wildman–Crippen LogP) is 1.73. The summed E-state index contributed by atoms with van der Waals surface area (Å²) in [5.41, 5.74) is 5.41. The molecule has 1 rings (SSSR count). The van der Waals surface area contributed by atoms with Gasteiger partial charge < -0.3 is 15.4 Å². The van der Waals surface area contributed by atoms with E-state index < -0.39 is 5.60 Å². The van der Waals surface area contributed by atoms with Crippen molar-refractivity contribution < 1.29 is 9.53 Å². The Labute approximate surface area is 91.8 Å². The monoisotopic (exact) mass is 214 g/mol. The molecule has 1 aliphatic rings. The van der Waals surface area contributed by atoms with Crippen LogP contribution in [0, 0.1) is 0 Å². The van der Waals surface area contributed by atoms with Crippen molar-refractivity contribution in [1.82, 2.24) is 4.90 Å². The smallest absolute Gasteiger partial charge is 0.410 e. The fourth-order valence-electron chi connectivity index (χ4n) is 1.89. The molecule has 0 aliphatic carbocycles. The second-order valence-corrected chi connectivity index (χ2v) is 5.24. The summed E-state index contributed by atoms with van der Waals surface area (Å²) in [6.45, 7) is 8.33. The third-order valence-corrected chi connectivity index (χ3v) is 2.53. The van der Waals surface area contributed by atoms with Gasteiger partial charge in [-0.05, 0) is 40.5 Å². The Balaban J connectivity index is 2.59. The quantitative estimate of drug-likeness (QED) is 0.723. The minimum absolute atomic E-state index is 0.0139. The average Bonchev–Trinajstić information content (AvgIpc) is 2.47. The third-order valence-electron chi connectivity index (χ3n) is 2.53. The van der Waals surface area contributed by atoms with Gasteiger partial charge in [0.25, 0.3) is 0 Å². The topological polar surface area (TPSA) is 55.6 Å². The van der Waals surface area contributed by atoms with Crippen LogP contribution < -0.4 is 5.73 Å². The van der Waals surface area contributed by atoms with Gasteiger partial charge in [-0.2, -0.15) is 0 Å². The van der Waals surface area contributed by atoms with Gasteiger partial charge in [0.2, 0.25) is 0 Å². The molecular formula is C11H22N2O2. The molecule has 0 bridgehead atoms. The van der Waals surface area contributed by atoms with Gasteiger partial charge in [0.05, 0.1) is 0 Å². The first kappa shape index (κ1) is 12.3. The number of nitrogens with two attached hydrogens (primary N) is 1. The molecule has 0 saturated carbocycles. The number of amides is 1. The van der Waals surface area contributed by atoms with Gasteiger partial charge in [-0.25, -0.2) is 4.79 Å². The van der Waals surface area contributed by atoms with Crippen LogP contribution in [0.1, 0.15) is 40.5 Å². The largest absolute Gasteiger partial charge is 0.444 e. The van der Waals surface area contributed by atoms with E-state index in [9.17, 15) is 4.79 Å². The fraction of sp³-hybridized carbons (Fsp3) is 0.909. The van der Waals surface area contributed by atoms with Gasteiger partial charge in [-0.1, -0.05) is 0 Å². The summed E-state index contributed by atoms with van der Waals surface area (Å²) in [6, 6.07) is 0.153. The molecule has 0 aromatic carbocycles. The van der Waals surface area contributed by atoms with E-state index in [2.05, 4.69) is 0 Å². The minimum atomic E-state index is -0.429. The van der Waals surface area contributed by atoms with Crippen LogP contribution in [0.2, 0.25) is 0 Å². The van der Waals surface area contributed by atoms with Crippen LogP contribution in [-0.2, 0) is 4.74 Å². The summed E-state index contributed by atoms with van der Waals surface area (Å²) >= 11 is 0. The Morgan fingerprint density at radius 1 is 1.53 bits per heavy atom. The van der Waals surface area contributed by atoms with Crippen molar-refractivity contribution in [2.75, 3.05) is 6.54 Å². The molecule has 4 nitrogen and oxygen atoms in total. The normalized spacial score (nSPS) is 24.1. The lowest BCUT2D eigenvalue weighted by molar-refractivity contribution is 0.0211. The molecule has 0 radical (unpaired) electrons. The Morgan fingerprint density at radius 3 is 2.60 bits per heavy atom. The molecular weight excluding hydrogens is 192 g/mol. The molecule has 2 atom stereocenters. The second kappa shape index (κ2) is 4.39. The van der Waals surface area contributed by atoms with E-state index in [-0.39, 0.29) is 18.2 Å². The number of carbonyl (C=O) groups is 1. The van der Waals surface area contributed by atoms with Crippen molar-refractivity contribution in [3.05, 3.63) is 0 Å². The lowest BCUT2D eigenvalue weighted by Gasteiger charge is -2.30. The van der Waals surface area contributed by atoms with E-state index in [1.54, 1.807) is 4.90 Å². The predicted molar refractivity (Wildman–Crippen MR) is 59.6 cm³/mol. The summed E-state index contributed by atoms with van der Waals surface area (Å²) in [4.78, 5) is 13.6. The lowest BCUT2D eigenvalue weighted by Crippen LogP contribution is -2.47. The standard InChI is InChI=1S/C11H22N2O2/c1-8(12)9-6-5-7-13(9)10(14)15-11(2,3)4/h8-9H,5-7,12H2,1-4H3/t8-,9+/m1/s1. The first-order valence-corrected chi connectivity index (χ1v) is 5.56. The minimum Gasteiger partial charge on any atom is -0.444 e. The van der Waals surface area contributed by atoms with E-state index in [0.717, 1.165) is 19.4 Å². The highest BCUT2D eigenvalue weighted by atomic mass is 16.6. The summed E-state index contributed by atoms with van der Waals surface area (Å²) in [7, 11) is 0. The van der Waals surface area contributed by atoms with Gasteiger partial charge in [0.15, 0.2) is 0 Å². The zero-order valence-electron chi connectivity index (χ0n) is 10.1. The van der Waals surface area contributed by atoms with Crippen LogP contribution in [0.3, 0.4) is 0 Å². The number of hydrogen-bond acceptors (Lipinski definition) is 3. The average molecular weight is 214 g/mol. The zero-order valence-corrected chi connectivity index (χ0v) is 10.1. The highest BCUT2D eigenvalue weighted by Gasteiger charge is 2.33. The van der Waals surface area contributed by atoms with Crippen LogP contribution in [0.25, 0.3) is 0 Å². The van der Waals surface area contributed by atoms with Gasteiger partial charge >= 0.3 is 6.09 Å². The van der Waals surface area contributed by atoms with Crippen molar-refractivity contribution in [2.45, 2.75) is 58.2 Å². The van der Waals surface area contributed by atoms with Crippen molar-refractivity contribution in [3.63, 3.8) is 0 Å². The fourth-order valence-corrected chi connectivity index (χ4v) is 1.89. The SMILES string of the molecule is C[C@@H](N)[C@@H]1CCCN1C(=O)OC(C)(C)C. The molecule has 1 aliphatic heterocycles. The van der Waals surface area contributed by atoms with E-state index >= 15 is 0 Å². The highest BCUT2D eigenvalue weighted by Crippen LogP contribution is 2.22. The molecule has 0 spiro atoms. The molecule has 0 aromatic heterocycles. The van der Waals surface area contributed by atoms with Crippen LogP contribution in [0.15, 0.2) is 0 Å². The van der Waals surface area contributed by atoms with Gasteiger partial charge in [0, 0.05) is 18.6 Å². The number of carbonyl (C=O) groups excluding carboxylic acids is 1. The lowest BCUT2D eigenvalue weighted by atomic mass is 10.1. The highest BCUT2D eigenvalue weighted by molar-refractivity contribution is 5.69. The first-order chi connectivity index (χ1) is 6.81. The summed E-state index contributed by atoms with van der Waals surface area (Å²) in [5, 5.41) is 0. The van der Waals surface area contributed by atoms with E-state index in [0.29, 0.717) is 0 Å². The van der Waals surface area contributed by atoms with Crippen molar-refractivity contribution in [1.29, 1.82) is 0 Å². The molecule has 4 heteroatoms. The number of ether oxygens (including phenoxy) is 1. The molecule has 88 valence electrons. The van der Waals surface area contributed by atoms with E-state index in [1.807, 2.05) is 27.7 Å².